The molecule has 200 valence electrons. The maximum atomic E-state index is 2.59. The van der Waals surface area contributed by atoms with Crippen LogP contribution in [-0.2, 0) is 10.8 Å². The fraction of sp³-hybridized carbons (Fsp3) is 0.405. The lowest BCUT2D eigenvalue weighted by Crippen LogP contribution is -2.69. The lowest BCUT2D eigenvalue weighted by Gasteiger charge is -2.39. The summed E-state index contributed by atoms with van der Waals surface area (Å²) >= 11 is 0. The first-order valence-electron chi connectivity index (χ1n) is 14.2. The summed E-state index contributed by atoms with van der Waals surface area (Å²) in [4.78, 5) is 0. The summed E-state index contributed by atoms with van der Waals surface area (Å²) in [6.07, 6.45) is 3.52. The van der Waals surface area contributed by atoms with Crippen LogP contribution < -0.4 is 15.6 Å². The number of rotatable bonds is 4. The highest BCUT2D eigenvalue weighted by molar-refractivity contribution is 7.16. The van der Waals surface area contributed by atoms with Gasteiger partial charge in [-0.05, 0) is 90.7 Å². The van der Waals surface area contributed by atoms with Crippen LogP contribution in [-0.4, -0.2) is 8.07 Å². The predicted octanol–water partition coefficient (Wildman–Crippen LogP) is 8.19. The Balaban J connectivity index is 2.32. The lowest BCUT2D eigenvalue weighted by molar-refractivity contribution is 0.569. The summed E-state index contributed by atoms with van der Waals surface area (Å²) in [5.74, 6) is 0. The molecule has 0 saturated heterocycles. The summed E-state index contributed by atoms with van der Waals surface area (Å²) in [6, 6.07) is 22.3. The van der Waals surface area contributed by atoms with Gasteiger partial charge in [0.05, 0.1) is 0 Å². The third-order valence-corrected chi connectivity index (χ3v) is 13.4. The molecular formula is C37H48Si. The molecule has 4 rings (SSSR count). The molecule has 0 radical (unpaired) electrons. The number of aryl methyl sites for hydroxylation is 4. The summed E-state index contributed by atoms with van der Waals surface area (Å²) in [5, 5.41) is 6.15. The van der Waals surface area contributed by atoms with E-state index in [9.17, 15) is 0 Å². The molecule has 0 saturated carbocycles. The quantitative estimate of drug-likeness (QED) is 0.240. The Morgan fingerprint density at radius 1 is 0.500 bits per heavy atom. The minimum atomic E-state index is -2.65. The van der Waals surface area contributed by atoms with Gasteiger partial charge in [0, 0.05) is 0 Å². The van der Waals surface area contributed by atoms with Crippen LogP contribution in [0.4, 0.5) is 0 Å². The van der Waals surface area contributed by atoms with Gasteiger partial charge in [0.1, 0.15) is 0 Å². The lowest BCUT2D eigenvalue weighted by atomic mass is 9.81. The Labute approximate surface area is 233 Å². The summed E-state index contributed by atoms with van der Waals surface area (Å²) < 4.78 is 0. The van der Waals surface area contributed by atoms with Gasteiger partial charge >= 0.3 is 0 Å². The fourth-order valence-corrected chi connectivity index (χ4v) is 12.3. The molecule has 0 atom stereocenters. The van der Waals surface area contributed by atoms with Crippen LogP contribution >= 0.6 is 0 Å². The predicted molar refractivity (Wildman–Crippen MR) is 171 cm³/mol. The van der Waals surface area contributed by atoms with E-state index in [0.717, 1.165) is 6.42 Å². The van der Waals surface area contributed by atoms with E-state index in [1.165, 1.54) is 60.1 Å². The van der Waals surface area contributed by atoms with Gasteiger partial charge in [-0.2, -0.15) is 0 Å². The van der Waals surface area contributed by atoms with E-state index in [0.29, 0.717) is 0 Å². The van der Waals surface area contributed by atoms with Crippen LogP contribution in [0.25, 0.3) is 0 Å². The highest BCUT2D eigenvalue weighted by Crippen LogP contribution is 2.36. The molecule has 0 aliphatic heterocycles. The minimum absolute atomic E-state index is 0.0607. The van der Waals surface area contributed by atoms with Gasteiger partial charge in [0.15, 0.2) is 8.07 Å². The van der Waals surface area contributed by atoms with Crippen LogP contribution in [0.5, 0.6) is 0 Å². The van der Waals surface area contributed by atoms with Crippen LogP contribution in [0.15, 0.2) is 77.0 Å². The van der Waals surface area contributed by atoms with E-state index >= 15 is 0 Å². The molecule has 38 heavy (non-hydrogen) atoms. The van der Waals surface area contributed by atoms with E-state index in [-0.39, 0.29) is 10.8 Å². The SMILES string of the molecule is CC1=CCC(C)=C1[Si](c1cc(C)cc(C)c1)(c1cc(C)cc(C)c1)c1cc(C(C)(C)C)cc(C(C)(C)C)c1. The Bertz CT molecular complexity index is 1320. The molecule has 0 aromatic heterocycles. The van der Waals surface area contributed by atoms with E-state index in [1.807, 2.05) is 0 Å². The second-order valence-electron chi connectivity index (χ2n) is 14.0. The second kappa shape index (κ2) is 9.83. The average molecular weight is 521 g/mol. The van der Waals surface area contributed by atoms with Crippen molar-refractivity contribution in [1.29, 1.82) is 0 Å². The molecule has 0 spiro atoms. The standard InChI is InChI=1S/C37H48Si/c1-24-15-25(2)18-32(17-24)38(35-28(5)13-14-29(35)6,33-19-26(3)16-27(4)20-33)34-22-30(36(7,8)9)21-31(23-34)37(10,11)12/h13,15-23H,14H2,1-12H3. The summed E-state index contributed by atoms with van der Waals surface area (Å²) in [7, 11) is -2.65. The van der Waals surface area contributed by atoms with E-state index in [4.69, 9.17) is 0 Å². The van der Waals surface area contributed by atoms with Gasteiger partial charge in [-0.15, -0.1) is 0 Å². The number of hydrogen-bond acceptors (Lipinski definition) is 0. The third kappa shape index (κ3) is 5.15. The zero-order chi connectivity index (χ0) is 28.2. The summed E-state index contributed by atoms with van der Waals surface area (Å²) in [6.45, 7) is 28.0. The molecule has 0 fully saturated rings. The van der Waals surface area contributed by atoms with Crippen molar-refractivity contribution >= 4 is 23.6 Å². The van der Waals surface area contributed by atoms with Crippen molar-refractivity contribution in [3.05, 3.63) is 110 Å². The average Bonchev–Trinajstić information content (AvgIpc) is 3.10. The molecule has 1 aliphatic rings. The third-order valence-electron chi connectivity index (χ3n) is 8.32. The van der Waals surface area contributed by atoms with E-state index < -0.39 is 8.07 Å². The first-order chi connectivity index (χ1) is 17.5. The first kappa shape index (κ1) is 28.4. The normalized spacial score (nSPS) is 14.8. The molecule has 1 aliphatic carbocycles. The molecule has 3 aromatic rings. The van der Waals surface area contributed by atoms with Crippen LogP contribution in [0.3, 0.4) is 0 Å². The Morgan fingerprint density at radius 3 is 1.18 bits per heavy atom. The monoisotopic (exact) mass is 520 g/mol. The zero-order valence-corrected chi connectivity index (χ0v) is 27.0. The van der Waals surface area contributed by atoms with Gasteiger partial charge < -0.3 is 0 Å². The van der Waals surface area contributed by atoms with Crippen molar-refractivity contribution in [2.45, 2.75) is 100 Å². The second-order valence-corrected chi connectivity index (χ2v) is 17.8. The van der Waals surface area contributed by atoms with Gasteiger partial charge in [0.25, 0.3) is 0 Å². The Kier molecular flexibility index (Phi) is 7.34. The van der Waals surface area contributed by atoms with Crippen LogP contribution in [0, 0.1) is 27.7 Å². The Morgan fingerprint density at radius 2 is 0.868 bits per heavy atom. The molecular weight excluding hydrogens is 472 g/mol. The first-order valence-corrected chi connectivity index (χ1v) is 16.2. The van der Waals surface area contributed by atoms with Crippen molar-refractivity contribution < 1.29 is 0 Å². The van der Waals surface area contributed by atoms with Gasteiger partial charge in [-0.25, -0.2) is 0 Å². The molecule has 0 bridgehead atoms. The van der Waals surface area contributed by atoms with Crippen LogP contribution in [0.2, 0.25) is 0 Å². The molecule has 0 unspecified atom stereocenters. The molecule has 1 heteroatoms. The largest absolute Gasteiger partial charge is 0.179 e. The summed E-state index contributed by atoms with van der Waals surface area (Å²) in [5.41, 5.74) is 11.4. The Hall–Kier alpha value is -2.64. The van der Waals surface area contributed by atoms with Gasteiger partial charge in [-0.1, -0.05) is 136 Å². The van der Waals surface area contributed by atoms with Crippen molar-refractivity contribution in [1.82, 2.24) is 0 Å². The fourth-order valence-electron chi connectivity index (χ4n) is 6.49. The van der Waals surface area contributed by atoms with Gasteiger partial charge in [-0.3, -0.25) is 0 Å². The molecule has 0 nitrogen and oxygen atoms in total. The number of allylic oxidation sites excluding steroid dienone is 4. The van der Waals surface area contributed by atoms with E-state index in [1.54, 1.807) is 5.20 Å². The molecule has 3 aromatic carbocycles. The van der Waals surface area contributed by atoms with E-state index in [2.05, 4.69) is 144 Å². The smallest absolute Gasteiger partial charge is 0.0776 e. The van der Waals surface area contributed by atoms with Crippen molar-refractivity contribution in [3.63, 3.8) is 0 Å². The maximum Gasteiger partial charge on any atom is 0.179 e. The van der Waals surface area contributed by atoms with Crippen molar-refractivity contribution in [2.24, 2.45) is 0 Å². The number of benzene rings is 3. The van der Waals surface area contributed by atoms with Crippen LogP contribution in [0.1, 0.15) is 95.2 Å². The number of hydrogen-bond donors (Lipinski definition) is 0. The molecule has 0 N–H and O–H groups in total. The highest BCUT2D eigenvalue weighted by Gasteiger charge is 2.46. The maximum absolute atomic E-state index is 2.65. The van der Waals surface area contributed by atoms with Crippen molar-refractivity contribution in [3.8, 4) is 0 Å². The molecule has 0 amide bonds. The van der Waals surface area contributed by atoms with Gasteiger partial charge in [0.2, 0.25) is 0 Å². The topological polar surface area (TPSA) is 0 Å². The molecule has 0 heterocycles. The minimum Gasteiger partial charge on any atom is -0.0776 e. The van der Waals surface area contributed by atoms with Crippen molar-refractivity contribution in [2.75, 3.05) is 0 Å². The zero-order valence-electron chi connectivity index (χ0n) is 26.0. The highest BCUT2D eigenvalue weighted by atomic mass is 28.3.